The van der Waals surface area contributed by atoms with E-state index in [0.717, 1.165) is 19.4 Å². The van der Waals surface area contributed by atoms with Gasteiger partial charge in [-0.1, -0.05) is 0 Å². The summed E-state index contributed by atoms with van der Waals surface area (Å²) in [5, 5.41) is 0. The molecule has 10 heteroatoms. The molecule has 0 aliphatic carbocycles. The van der Waals surface area contributed by atoms with Crippen molar-refractivity contribution in [1.29, 1.82) is 0 Å². The molecule has 1 heterocycles. The SMILES string of the molecule is COC(=O)C(/C(=C/C(=O)c1ccco1)C(F)(F)C(F)(F)F)=[As](c1ccccc1)(c1ccccc1)c1ccccc1. The van der Waals surface area contributed by atoms with Crippen molar-refractivity contribution in [3.8, 4) is 0 Å². The van der Waals surface area contributed by atoms with E-state index in [4.69, 9.17) is 9.15 Å². The molecule has 0 spiro atoms. The van der Waals surface area contributed by atoms with Gasteiger partial charge in [0.2, 0.25) is 0 Å². The Bertz CT molecular complexity index is 1460. The van der Waals surface area contributed by atoms with E-state index in [-0.39, 0.29) is 6.08 Å². The molecule has 3 aromatic carbocycles. The molecular formula is C30H22AsF5O4. The van der Waals surface area contributed by atoms with Crippen LogP contribution in [-0.4, -0.2) is 48.4 Å². The van der Waals surface area contributed by atoms with Gasteiger partial charge in [0.05, 0.1) is 0 Å². The maximum atomic E-state index is 15.6. The van der Waals surface area contributed by atoms with Gasteiger partial charge in [-0.2, -0.15) is 0 Å². The second-order valence-corrected chi connectivity index (χ2v) is 15.5. The number of allylic oxidation sites excluding steroid dienone is 1. The van der Waals surface area contributed by atoms with Gasteiger partial charge in [0.25, 0.3) is 0 Å². The van der Waals surface area contributed by atoms with Crippen LogP contribution in [-0.2, 0) is 9.53 Å². The van der Waals surface area contributed by atoms with Crippen molar-refractivity contribution in [2.45, 2.75) is 12.1 Å². The first kappa shape index (κ1) is 28.9. The predicted molar refractivity (Wildman–Crippen MR) is 143 cm³/mol. The number of ether oxygens (including phenoxy) is 1. The predicted octanol–water partition coefficient (Wildman–Crippen LogP) is 4.68. The molecule has 0 aliphatic heterocycles. The van der Waals surface area contributed by atoms with Gasteiger partial charge in [0.15, 0.2) is 0 Å². The molecule has 0 aliphatic rings. The number of halogens is 5. The van der Waals surface area contributed by atoms with Crippen LogP contribution in [0.5, 0.6) is 0 Å². The normalized spacial score (nSPS) is 12.6. The Morgan fingerprint density at radius 1 is 0.725 bits per heavy atom. The third-order valence-corrected chi connectivity index (χ3v) is 15.2. The molecule has 0 amide bonds. The first-order valence-electron chi connectivity index (χ1n) is 11.8. The van der Waals surface area contributed by atoms with E-state index < -0.39 is 52.6 Å². The van der Waals surface area contributed by atoms with Gasteiger partial charge in [0, 0.05) is 0 Å². The van der Waals surface area contributed by atoms with Gasteiger partial charge < -0.3 is 0 Å². The molecule has 0 unspecified atom stereocenters. The summed E-state index contributed by atoms with van der Waals surface area (Å²) in [5.41, 5.74) is -1.79. The van der Waals surface area contributed by atoms with E-state index in [0.29, 0.717) is 13.1 Å². The fourth-order valence-corrected chi connectivity index (χ4v) is 13.7. The van der Waals surface area contributed by atoms with Crippen LogP contribution in [0.2, 0.25) is 0 Å². The second kappa shape index (κ2) is 11.6. The summed E-state index contributed by atoms with van der Waals surface area (Å²) < 4.78 is 83.7. The van der Waals surface area contributed by atoms with Gasteiger partial charge in [-0.05, 0) is 0 Å². The number of methoxy groups -OCH3 is 1. The molecule has 0 saturated carbocycles. The first-order chi connectivity index (χ1) is 19.0. The zero-order valence-corrected chi connectivity index (χ0v) is 22.8. The Morgan fingerprint density at radius 3 is 1.52 bits per heavy atom. The molecule has 4 aromatic rings. The van der Waals surface area contributed by atoms with Crippen LogP contribution in [0.1, 0.15) is 10.6 Å². The number of carbonyl (C=O) groups is 2. The Hall–Kier alpha value is -4.10. The minimum atomic E-state index is -6.16. The summed E-state index contributed by atoms with van der Waals surface area (Å²) in [6.45, 7) is 0. The average Bonchev–Trinajstić information content (AvgIpc) is 3.51. The Morgan fingerprint density at radius 2 is 1.18 bits per heavy atom. The van der Waals surface area contributed by atoms with Gasteiger partial charge in [-0.25, -0.2) is 0 Å². The molecule has 4 rings (SSSR count). The van der Waals surface area contributed by atoms with Gasteiger partial charge >= 0.3 is 229 Å². The van der Waals surface area contributed by atoms with Crippen molar-refractivity contribution >= 4 is 42.2 Å². The van der Waals surface area contributed by atoms with Crippen molar-refractivity contribution < 1.29 is 40.7 Å². The fourth-order valence-electron chi connectivity index (χ4n) is 4.39. The summed E-state index contributed by atoms with van der Waals surface area (Å²) in [5.74, 6) is -8.78. The molecule has 1 aromatic heterocycles. The molecule has 206 valence electrons. The van der Waals surface area contributed by atoms with E-state index >= 15 is 8.78 Å². The van der Waals surface area contributed by atoms with E-state index in [9.17, 15) is 22.8 Å². The van der Waals surface area contributed by atoms with Gasteiger partial charge in [0.1, 0.15) is 0 Å². The first-order valence-corrected chi connectivity index (χ1v) is 15.6. The number of furan rings is 1. The Labute approximate surface area is 228 Å². The number of hydrogen-bond donors (Lipinski definition) is 0. The topological polar surface area (TPSA) is 56.5 Å². The van der Waals surface area contributed by atoms with Crippen LogP contribution < -0.4 is 13.1 Å². The summed E-state index contributed by atoms with van der Waals surface area (Å²) in [4.78, 5) is 26.7. The third-order valence-electron chi connectivity index (χ3n) is 6.13. The molecule has 4 nitrogen and oxygen atoms in total. The molecule has 0 fully saturated rings. The number of ketones is 1. The number of carbonyl (C=O) groups excluding carboxylic acids is 2. The maximum absolute atomic E-state index is 15.6. The molecule has 0 atom stereocenters. The van der Waals surface area contributed by atoms with Crippen molar-refractivity contribution in [2.75, 3.05) is 7.11 Å². The Balaban J connectivity index is 2.35. The number of esters is 1. The monoisotopic (exact) mass is 616 g/mol. The van der Waals surface area contributed by atoms with Gasteiger partial charge in [-0.15, -0.1) is 0 Å². The zero-order valence-electron chi connectivity index (χ0n) is 20.9. The standard InChI is InChI=1S/C30H22AsF5O4/c1-39-28(38)27(24(29(32,33)30(34,35)36)20-25(37)26-18-11-19-40-26)31(21-12-5-2-6-13-21,22-14-7-3-8-15-22)23-16-9-4-10-17-23/h2-20H,1H3/b24-20-. The van der Waals surface area contributed by atoms with E-state index in [1.165, 1.54) is 6.07 Å². The molecule has 0 saturated heterocycles. The van der Waals surface area contributed by atoms with E-state index in [1.54, 1.807) is 91.0 Å². The van der Waals surface area contributed by atoms with Crippen molar-refractivity contribution in [3.63, 3.8) is 0 Å². The van der Waals surface area contributed by atoms with Crippen molar-refractivity contribution in [1.82, 2.24) is 0 Å². The summed E-state index contributed by atoms with van der Waals surface area (Å²) in [6.07, 6.45) is -4.94. The van der Waals surface area contributed by atoms with Crippen molar-refractivity contribution in [3.05, 3.63) is 127 Å². The summed E-state index contributed by atoms with van der Waals surface area (Å²) in [7, 11) is 0.894. The number of benzene rings is 3. The molecule has 0 N–H and O–H groups in total. The van der Waals surface area contributed by atoms with Crippen LogP contribution in [0.15, 0.2) is 125 Å². The van der Waals surface area contributed by atoms with E-state index in [1.807, 2.05) is 0 Å². The van der Waals surface area contributed by atoms with Crippen molar-refractivity contribution in [2.24, 2.45) is 0 Å². The average molecular weight is 616 g/mol. The number of rotatable bonds is 8. The summed E-state index contributed by atoms with van der Waals surface area (Å²) in [6, 6.07) is 26.5. The quantitative estimate of drug-likeness (QED) is 0.0949. The van der Waals surface area contributed by atoms with Crippen LogP contribution >= 0.6 is 0 Å². The minimum absolute atomic E-state index is 0.142. The molecule has 0 bridgehead atoms. The van der Waals surface area contributed by atoms with Crippen LogP contribution in [0, 0.1) is 0 Å². The second-order valence-electron chi connectivity index (χ2n) is 8.49. The van der Waals surface area contributed by atoms with Crippen LogP contribution in [0.3, 0.4) is 0 Å². The third kappa shape index (κ3) is 5.21. The number of hydrogen-bond acceptors (Lipinski definition) is 4. The van der Waals surface area contributed by atoms with E-state index in [2.05, 4.69) is 0 Å². The summed E-state index contributed by atoms with van der Waals surface area (Å²) >= 11 is -4.86. The van der Waals surface area contributed by atoms with Gasteiger partial charge in [-0.3, -0.25) is 0 Å². The zero-order chi connectivity index (χ0) is 29.0. The Kier molecular flexibility index (Phi) is 8.35. The molecule has 40 heavy (non-hydrogen) atoms. The number of alkyl halides is 5. The molecule has 0 radical (unpaired) electrons. The fraction of sp³-hybridized carbons (Fsp3) is 0.100. The van der Waals surface area contributed by atoms with Crippen LogP contribution in [0.25, 0.3) is 0 Å². The molecular weight excluding hydrogens is 594 g/mol. The van der Waals surface area contributed by atoms with Crippen LogP contribution in [0.4, 0.5) is 22.0 Å².